The molecule has 3 amide bonds. The number of benzene rings is 1. The molecule has 1 fully saturated rings. The highest BCUT2D eigenvalue weighted by Crippen LogP contribution is 2.37. The molecule has 0 unspecified atom stereocenters. The summed E-state index contributed by atoms with van der Waals surface area (Å²) in [5.41, 5.74) is 1.05. The Labute approximate surface area is 160 Å². The van der Waals surface area contributed by atoms with Crippen LogP contribution >= 0.6 is 0 Å². The molecule has 0 saturated carbocycles. The molecular formula is C19H18N4O5. The second kappa shape index (κ2) is 6.59. The molecule has 2 atom stereocenters. The van der Waals surface area contributed by atoms with Crippen LogP contribution in [-0.4, -0.2) is 50.5 Å². The lowest BCUT2D eigenvalue weighted by Gasteiger charge is -2.37. The van der Waals surface area contributed by atoms with Gasteiger partial charge in [-0.3, -0.25) is 19.1 Å². The average molecular weight is 382 g/mol. The van der Waals surface area contributed by atoms with Gasteiger partial charge in [0, 0.05) is 26.7 Å². The summed E-state index contributed by atoms with van der Waals surface area (Å²) in [5.74, 6) is -2.92. The minimum atomic E-state index is -0.736. The number of nitrogens with zero attached hydrogens (tertiary/aromatic N) is 4. The van der Waals surface area contributed by atoms with Gasteiger partial charge in [0.1, 0.15) is 0 Å². The van der Waals surface area contributed by atoms with Crippen molar-refractivity contribution in [2.45, 2.75) is 18.9 Å². The highest BCUT2D eigenvalue weighted by molar-refractivity contribution is 6.20. The van der Waals surface area contributed by atoms with E-state index < -0.39 is 29.7 Å². The van der Waals surface area contributed by atoms with Crippen molar-refractivity contribution >= 4 is 23.7 Å². The molecule has 2 aromatic rings. The first-order valence-electron chi connectivity index (χ1n) is 8.83. The van der Waals surface area contributed by atoms with Gasteiger partial charge in [0.05, 0.1) is 28.8 Å². The summed E-state index contributed by atoms with van der Waals surface area (Å²) in [6.45, 7) is 0. The van der Waals surface area contributed by atoms with Gasteiger partial charge < -0.3 is 9.74 Å². The molecule has 144 valence electrons. The normalized spacial score (nSPS) is 21.9. The number of carbonyl (C=O) groups excluding carboxylic acids is 4. The van der Waals surface area contributed by atoms with Crippen molar-refractivity contribution in [1.82, 2.24) is 19.7 Å². The summed E-state index contributed by atoms with van der Waals surface area (Å²) in [6, 6.07) is 7.41. The first kappa shape index (κ1) is 17.9. The zero-order valence-electron chi connectivity index (χ0n) is 15.4. The number of imide groups is 1. The number of amides is 3. The largest absolute Gasteiger partial charge is 0.338 e. The highest BCUT2D eigenvalue weighted by Gasteiger charge is 2.45. The molecule has 0 N–H and O–H groups in total. The summed E-state index contributed by atoms with van der Waals surface area (Å²) in [5, 5.41) is 4.61. The molecule has 2 aliphatic heterocycles. The van der Waals surface area contributed by atoms with Gasteiger partial charge in [-0.25, -0.2) is 4.79 Å². The van der Waals surface area contributed by atoms with Gasteiger partial charge >= 0.3 is 5.97 Å². The molecule has 2 aliphatic rings. The maximum absolute atomic E-state index is 12.9. The van der Waals surface area contributed by atoms with E-state index in [1.165, 1.54) is 17.0 Å². The van der Waals surface area contributed by atoms with Crippen LogP contribution in [0.25, 0.3) is 0 Å². The molecule has 3 heterocycles. The van der Waals surface area contributed by atoms with Crippen LogP contribution in [-0.2, 0) is 21.5 Å². The van der Waals surface area contributed by atoms with Crippen molar-refractivity contribution in [2.24, 2.45) is 13.0 Å². The molecule has 1 aromatic carbocycles. The zero-order valence-corrected chi connectivity index (χ0v) is 15.4. The lowest BCUT2D eigenvalue weighted by Crippen LogP contribution is -2.46. The van der Waals surface area contributed by atoms with Crippen LogP contribution in [0.2, 0.25) is 0 Å². The molecule has 0 bridgehead atoms. The van der Waals surface area contributed by atoms with E-state index in [-0.39, 0.29) is 29.9 Å². The second-order valence-corrected chi connectivity index (χ2v) is 6.83. The van der Waals surface area contributed by atoms with E-state index in [4.69, 9.17) is 4.84 Å². The summed E-state index contributed by atoms with van der Waals surface area (Å²) < 4.78 is 1.59. The Kier molecular flexibility index (Phi) is 4.21. The fourth-order valence-corrected chi connectivity index (χ4v) is 3.77. The Morgan fingerprint density at radius 1 is 1.07 bits per heavy atom. The highest BCUT2D eigenvalue weighted by atomic mass is 16.7. The molecule has 0 aliphatic carbocycles. The molecule has 9 heteroatoms. The van der Waals surface area contributed by atoms with E-state index in [0.717, 1.165) is 0 Å². The Morgan fingerprint density at radius 3 is 2.29 bits per heavy atom. The molecule has 4 rings (SSSR count). The number of likely N-dealkylation sites (tertiary alicyclic amines) is 1. The molecule has 9 nitrogen and oxygen atoms in total. The number of hydroxylamine groups is 2. The third-order valence-corrected chi connectivity index (χ3v) is 5.26. The van der Waals surface area contributed by atoms with Gasteiger partial charge in [0.2, 0.25) is 5.91 Å². The monoisotopic (exact) mass is 382 g/mol. The Balaban J connectivity index is 1.60. The van der Waals surface area contributed by atoms with Crippen molar-refractivity contribution in [3.05, 3.63) is 53.3 Å². The number of hydrogen-bond donors (Lipinski definition) is 0. The Morgan fingerprint density at radius 2 is 1.71 bits per heavy atom. The van der Waals surface area contributed by atoms with E-state index in [9.17, 15) is 19.2 Å². The summed E-state index contributed by atoms with van der Waals surface area (Å²) in [4.78, 5) is 56.8. The van der Waals surface area contributed by atoms with Gasteiger partial charge in [-0.2, -0.15) is 5.10 Å². The SMILES string of the molecule is CN1C(=O)CC[C@H](C(=O)ON2C(=O)c3ccccc3C2=O)[C@H]1c1ccnn1C. The van der Waals surface area contributed by atoms with Crippen molar-refractivity contribution < 1.29 is 24.0 Å². The number of carbonyl (C=O) groups is 4. The number of rotatable bonds is 3. The quantitative estimate of drug-likeness (QED) is 0.737. The first-order valence-corrected chi connectivity index (χ1v) is 8.83. The van der Waals surface area contributed by atoms with Crippen molar-refractivity contribution in [3.8, 4) is 0 Å². The first-order chi connectivity index (χ1) is 13.4. The Bertz CT molecular complexity index is 963. The lowest BCUT2D eigenvalue weighted by molar-refractivity contribution is -0.179. The molecule has 1 aromatic heterocycles. The smallest absolute Gasteiger partial charge is 0.336 e. The van der Waals surface area contributed by atoms with Crippen molar-refractivity contribution in [1.29, 1.82) is 0 Å². The van der Waals surface area contributed by atoms with Crippen molar-refractivity contribution in [3.63, 3.8) is 0 Å². The number of piperidine rings is 1. The number of aromatic nitrogens is 2. The van der Waals surface area contributed by atoms with Gasteiger partial charge in [0.25, 0.3) is 11.8 Å². The van der Waals surface area contributed by atoms with E-state index >= 15 is 0 Å². The third kappa shape index (κ3) is 2.67. The standard InChI is InChI=1S/C19H18N4O5/c1-21-15(24)8-7-13(16(21)14-9-10-20-22(14)2)19(27)28-23-17(25)11-5-3-4-6-12(11)18(23)26/h3-6,9-10,13,16H,7-8H2,1-2H3/t13-,16-/m0/s1. The van der Waals surface area contributed by atoms with Crippen LogP contribution in [0, 0.1) is 5.92 Å². The van der Waals surface area contributed by atoms with E-state index in [2.05, 4.69) is 5.10 Å². The average Bonchev–Trinajstić information content (AvgIpc) is 3.21. The molecule has 28 heavy (non-hydrogen) atoms. The zero-order chi connectivity index (χ0) is 20.0. The van der Waals surface area contributed by atoms with Crippen LogP contribution in [0.4, 0.5) is 0 Å². The van der Waals surface area contributed by atoms with Gasteiger partial charge in [-0.15, -0.1) is 0 Å². The van der Waals surface area contributed by atoms with Crippen LogP contribution in [0.15, 0.2) is 36.5 Å². The van der Waals surface area contributed by atoms with Crippen LogP contribution in [0.5, 0.6) is 0 Å². The minimum Gasteiger partial charge on any atom is -0.336 e. The number of fused-ring (bicyclic) bond motifs is 1. The molecular weight excluding hydrogens is 364 g/mol. The van der Waals surface area contributed by atoms with Crippen LogP contribution in [0.1, 0.15) is 45.3 Å². The molecule has 0 radical (unpaired) electrons. The lowest BCUT2D eigenvalue weighted by atomic mass is 9.87. The van der Waals surface area contributed by atoms with Crippen LogP contribution < -0.4 is 0 Å². The topological polar surface area (TPSA) is 102 Å². The van der Waals surface area contributed by atoms with Crippen molar-refractivity contribution in [2.75, 3.05) is 7.05 Å². The fraction of sp³-hybridized carbons (Fsp3) is 0.316. The molecule has 0 spiro atoms. The summed E-state index contributed by atoms with van der Waals surface area (Å²) in [6.07, 6.45) is 2.00. The van der Waals surface area contributed by atoms with Gasteiger partial charge in [-0.1, -0.05) is 17.2 Å². The predicted octanol–water partition coefficient (Wildman–Crippen LogP) is 1.08. The number of hydrogen-bond acceptors (Lipinski definition) is 6. The Hall–Kier alpha value is -3.49. The minimum absolute atomic E-state index is 0.101. The molecule has 1 saturated heterocycles. The second-order valence-electron chi connectivity index (χ2n) is 6.83. The third-order valence-electron chi connectivity index (χ3n) is 5.26. The maximum Gasteiger partial charge on any atom is 0.338 e. The van der Waals surface area contributed by atoms with E-state index in [1.54, 1.807) is 43.2 Å². The number of aryl methyl sites for hydroxylation is 1. The summed E-state index contributed by atoms with van der Waals surface area (Å²) >= 11 is 0. The predicted molar refractivity (Wildman–Crippen MR) is 94.5 cm³/mol. The maximum atomic E-state index is 12.9. The van der Waals surface area contributed by atoms with E-state index in [1.807, 2.05) is 0 Å². The van der Waals surface area contributed by atoms with Gasteiger partial charge in [0.15, 0.2) is 0 Å². The van der Waals surface area contributed by atoms with Crippen LogP contribution in [0.3, 0.4) is 0 Å². The fourth-order valence-electron chi connectivity index (χ4n) is 3.77. The summed E-state index contributed by atoms with van der Waals surface area (Å²) in [7, 11) is 3.33. The van der Waals surface area contributed by atoms with Gasteiger partial charge in [-0.05, 0) is 24.6 Å². The van der Waals surface area contributed by atoms with E-state index in [0.29, 0.717) is 10.8 Å².